The third kappa shape index (κ3) is 3.57. The summed E-state index contributed by atoms with van der Waals surface area (Å²) in [5.74, 6) is 1.60. The minimum Gasteiger partial charge on any atom is -0.493 e. The lowest BCUT2D eigenvalue weighted by Gasteiger charge is -2.27. The van der Waals surface area contributed by atoms with Crippen molar-refractivity contribution in [1.29, 1.82) is 0 Å². The summed E-state index contributed by atoms with van der Waals surface area (Å²) in [6.45, 7) is 2.99. The molecular formula is C18H20Cl2NO2+. The topological polar surface area (TPSA) is 22.9 Å². The van der Waals surface area contributed by atoms with E-state index in [4.69, 9.17) is 32.7 Å². The fourth-order valence-electron chi connectivity index (χ4n) is 3.12. The maximum atomic E-state index is 6.11. The van der Waals surface area contributed by atoms with Gasteiger partial charge in [-0.2, -0.15) is 0 Å². The highest BCUT2D eigenvalue weighted by Gasteiger charge is 2.22. The maximum Gasteiger partial charge on any atom is 0.161 e. The molecule has 1 heterocycles. The Labute approximate surface area is 146 Å². The zero-order valence-electron chi connectivity index (χ0n) is 13.3. The second-order valence-corrected chi connectivity index (χ2v) is 6.64. The van der Waals surface area contributed by atoms with Gasteiger partial charge in [0.25, 0.3) is 0 Å². The number of halogens is 2. The minimum absolute atomic E-state index is 0.603. The van der Waals surface area contributed by atoms with Gasteiger partial charge in [0.2, 0.25) is 0 Å². The summed E-state index contributed by atoms with van der Waals surface area (Å²) in [5.41, 5.74) is 3.88. The molecule has 0 radical (unpaired) electrons. The molecule has 0 bridgehead atoms. The van der Waals surface area contributed by atoms with Gasteiger partial charge in [0.1, 0.15) is 13.1 Å². The van der Waals surface area contributed by atoms with Crippen LogP contribution in [0.25, 0.3) is 0 Å². The number of hydrogen-bond acceptors (Lipinski definition) is 2. The Morgan fingerprint density at radius 1 is 0.957 bits per heavy atom. The van der Waals surface area contributed by atoms with Crippen LogP contribution in [0.15, 0.2) is 30.3 Å². The molecule has 0 spiro atoms. The summed E-state index contributed by atoms with van der Waals surface area (Å²) in [4.78, 5) is 1.50. The average Bonchev–Trinajstić information content (AvgIpc) is 2.56. The van der Waals surface area contributed by atoms with Crippen LogP contribution in [0.5, 0.6) is 11.5 Å². The number of benzene rings is 2. The molecule has 0 saturated heterocycles. The molecule has 0 fully saturated rings. The van der Waals surface area contributed by atoms with Crippen LogP contribution in [-0.2, 0) is 19.5 Å². The molecule has 3 rings (SSSR count). The first kappa shape index (κ1) is 16.4. The number of ether oxygens (including phenoxy) is 2. The van der Waals surface area contributed by atoms with E-state index in [2.05, 4.69) is 12.1 Å². The van der Waals surface area contributed by atoms with Crippen LogP contribution >= 0.6 is 23.2 Å². The second kappa shape index (κ2) is 7.00. The van der Waals surface area contributed by atoms with Crippen molar-refractivity contribution in [2.75, 3.05) is 20.8 Å². The van der Waals surface area contributed by atoms with Gasteiger partial charge < -0.3 is 14.4 Å². The Balaban J connectivity index is 1.78. The number of quaternary nitrogens is 1. The maximum absolute atomic E-state index is 6.11. The molecule has 0 amide bonds. The van der Waals surface area contributed by atoms with E-state index in [1.165, 1.54) is 21.6 Å². The predicted octanol–water partition coefficient (Wildman–Crippen LogP) is 3.15. The first-order valence-electron chi connectivity index (χ1n) is 7.62. The number of methoxy groups -OCH3 is 2. The highest BCUT2D eigenvalue weighted by molar-refractivity contribution is 6.42. The summed E-state index contributed by atoms with van der Waals surface area (Å²) in [7, 11) is 3.35. The SMILES string of the molecule is COc1cc2c(cc1OC)C[NH+](Cc1ccc(Cl)c(Cl)c1)CC2. The largest absolute Gasteiger partial charge is 0.493 e. The van der Waals surface area contributed by atoms with Gasteiger partial charge in [0, 0.05) is 17.5 Å². The fourth-order valence-corrected chi connectivity index (χ4v) is 3.44. The lowest BCUT2D eigenvalue weighted by Crippen LogP contribution is -3.10. The van der Waals surface area contributed by atoms with Gasteiger partial charge in [0.15, 0.2) is 11.5 Å². The van der Waals surface area contributed by atoms with E-state index in [-0.39, 0.29) is 0 Å². The van der Waals surface area contributed by atoms with Crippen molar-refractivity contribution in [2.24, 2.45) is 0 Å². The molecule has 0 aromatic heterocycles. The average molecular weight is 353 g/mol. The number of nitrogens with one attached hydrogen (secondary N) is 1. The first-order chi connectivity index (χ1) is 11.1. The molecule has 2 aromatic rings. The van der Waals surface area contributed by atoms with Crippen LogP contribution in [0.2, 0.25) is 10.0 Å². The zero-order valence-corrected chi connectivity index (χ0v) is 14.8. The van der Waals surface area contributed by atoms with E-state index in [1.54, 1.807) is 14.2 Å². The highest BCUT2D eigenvalue weighted by Crippen LogP contribution is 2.31. The summed E-state index contributed by atoms with van der Waals surface area (Å²) in [6.07, 6.45) is 1.03. The van der Waals surface area contributed by atoms with E-state index in [0.717, 1.165) is 37.6 Å². The highest BCUT2D eigenvalue weighted by atomic mass is 35.5. The zero-order chi connectivity index (χ0) is 16.4. The van der Waals surface area contributed by atoms with Crippen molar-refractivity contribution < 1.29 is 14.4 Å². The van der Waals surface area contributed by atoms with Gasteiger partial charge in [-0.1, -0.05) is 29.3 Å². The minimum atomic E-state index is 0.603. The molecule has 1 aliphatic rings. The Kier molecular flexibility index (Phi) is 5.00. The molecule has 2 aromatic carbocycles. The Hall–Kier alpha value is -1.42. The van der Waals surface area contributed by atoms with Crippen molar-refractivity contribution >= 4 is 23.2 Å². The summed E-state index contributed by atoms with van der Waals surface area (Å²) >= 11 is 12.1. The van der Waals surface area contributed by atoms with E-state index >= 15 is 0 Å². The molecule has 3 nitrogen and oxygen atoms in total. The van der Waals surface area contributed by atoms with Gasteiger partial charge in [0.05, 0.1) is 30.8 Å². The molecule has 1 N–H and O–H groups in total. The third-order valence-corrected chi connectivity index (χ3v) is 5.07. The van der Waals surface area contributed by atoms with E-state index in [0.29, 0.717) is 10.0 Å². The van der Waals surface area contributed by atoms with Crippen LogP contribution < -0.4 is 14.4 Å². The van der Waals surface area contributed by atoms with E-state index in [9.17, 15) is 0 Å². The van der Waals surface area contributed by atoms with Crippen molar-refractivity contribution in [3.05, 3.63) is 57.1 Å². The standard InChI is InChI=1S/C18H19Cl2NO2/c1-22-17-8-13-5-6-21(11-14(13)9-18(17)23-2)10-12-3-4-15(19)16(20)7-12/h3-4,7-9H,5-6,10-11H2,1-2H3/p+1. The van der Waals surface area contributed by atoms with Crippen LogP contribution in [-0.4, -0.2) is 20.8 Å². The molecule has 1 atom stereocenters. The Morgan fingerprint density at radius 3 is 2.30 bits per heavy atom. The summed E-state index contributed by atoms with van der Waals surface area (Å²) in [5, 5.41) is 1.22. The van der Waals surface area contributed by atoms with Crippen LogP contribution in [0, 0.1) is 0 Å². The molecule has 122 valence electrons. The summed E-state index contributed by atoms with van der Waals surface area (Å²) in [6, 6.07) is 10.1. The van der Waals surface area contributed by atoms with Gasteiger partial charge in [-0.25, -0.2) is 0 Å². The van der Waals surface area contributed by atoms with Gasteiger partial charge >= 0.3 is 0 Å². The van der Waals surface area contributed by atoms with E-state index < -0.39 is 0 Å². The Morgan fingerprint density at radius 2 is 1.65 bits per heavy atom. The van der Waals surface area contributed by atoms with Crippen molar-refractivity contribution in [3.63, 3.8) is 0 Å². The molecule has 5 heteroatoms. The van der Waals surface area contributed by atoms with Crippen molar-refractivity contribution in [3.8, 4) is 11.5 Å². The fraction of sp³-hybridized carbons (Fsp3) is 0.333. The Bertz CT molecular complexity index is 718. The molecular weight excluding hydrogens is 333 g/mol. The van der Waals surface area contributed by atoms with Gasteiger partial charge in [-0.05, 0) is 29.8 Å². The monoisotopic (exact) mass is 352 g/mol. The normalized spacial score (nSPS) is 16.8. The lowest BCUT2D eigenvalue weighted by molar-refractivity contribution is -0.929. The lowest BCUT2D eigenvalue weighted by atomic mass is 9.98. The van der Waals surface area contributed by atoms with Crippen LogP contribution in [0.1, 0.15) is 16.7 Å². The molecule has 23 heavy (non-hydrogen) atoms. The van der Waals surface area contributed by atoms with Crippen LogP contribution in [0.3, 0.4) is 0 Å². The van der Waals surface area contributed by atoms with Crippen LogP contribution in [0.4, 0.5) is 0 Å². The number of rotatable bonds is 4. The predicted molar refractivity (Wildman–Crippen MR) is 92.9 cm³/mol. The molecule has 0 aliphatic carbocycles. The third-order valence-electron chi connectivity index (χ3n) is 4.33. The number of hydrogen-bond donors (Lipinski definition) is 1. The molecule has 0 saturated carbocycles. The molecule has 1 unspecified atom stereocenters. The summed E-state index contributed by atoms with van der Waals surface area (Å²) < 4.78 is 10.8. The van der Waals surface area contributed by atoms with Gasteiger partial charge in [-0.15, -0.1) is 0 Å². The smallest absolute Gasteiger partial charge is 0.161 e. The quantitative estimate of drug-likeness (QED) is 0.913. The second-order valence-electron chi connectivity index (χ2n) is 5.83. The van der Waals surface area contributed by atoms with Gasteiger partial charge in [-0.3, -0.25) is 0 Å². The molecule has 1 aliphatic heterocycles. The first-order valence-corrected chi connectivity index (χ1v) is 8.37. The van der Waals surface area contributed by atoms with E-state index in [1.807, 2.05) is 18.2 Å². The van der Waals surface area contributed by atoms with Crippen molar-refractivity contribution in [2.45, 2.75) is 19.5 Å². The number of fused-ring (bicyclic) bond motifs is 1. The van der Waals surface area contributed by atoms with Crippen molar-refractivity contribution in [1.82, 2.24) is 0 Å².